The smallest absolute Gasteiger partial charge is 0.310 e. The Morgan fingerprint density at radius 1 is 1.29 bits per heavy atom. The fourth-order valence-electron chi connectivity index (χ4n) is 2.63. The summed E-state index contributed by atoms with van der Waals surface area (Å²) in [5.41, 5.74) is 7.08. The summed E-state index contributed by atoms with van der Waals surface area (Å²) in [6, 6.07) is 7.05. The van der Waals surface area contributed by atoms with Crippen LogP contribution >= 0.6 is 0 Å². The van der Waals surface area contributed by atoms with Crippen molar-refractivity contribution >= 4 is 21.5 Å². The van der Waals surface area contributed by atoms with E-state index in [2.05, 4.69) is 0 Å². The van der Waals surface area contributed by atoms with Crippen LogP contribution in [0.1, 0.15) is 31.2 Å². The number of nitrogens with two attached hydrogens (primary N) is 1. The number of sulfone groups is 1. The number of benzene rings is 1. The number of anilines is 1. The van der Waals surface area contributed by atoms with E-state index in [-0.39, 0.29) is 23.7 Å². The van der Waals surface area contributed by atoms with Crippen molar-refractivity contribution in [1.82, 2.24) is 0 Å². The Kier molecular flexibility index (Phi) is 4.88. The second-order valence-corrected chi connectivity index (χ2v) is 7.97. The van der Waals surface area contributed by atoms with Crippen molar-refractivity contribution < 1.29 is 17.9 Å². The summed E-state index contributed by atoms with van der Waals surface area (Å²) in [6.45, 7) is 0. The van der Waals surface area contributed by atoms with Crippen LogP contribution in [0.15, 0.2) is 24.3 Å². The van der Waals surface area contributed by atoms with Crippen molar-refractivity contribution in [3.63, 3.8) is 0 Å². The molecule has 1 aromatic carbocycles. The minimum atomic E-state index is -3.06. The van der Waals surface area contributed by atoms with Crippen LogP contribution < -0.4 is 5.73 Å². The predicted octanol–water partition coefficient (Wildman–Crippen LogP) is 1.71. The van der Waals surface area contributed by atoms with Crippen molar-refractivity contribution in [2.24, 2.45) is 0 Å². The van der Waals surface area contributed by atoms with E-state index in [1.54, 1.807) is 24.3 Å². The van der Waals surface area contributed by atoms with Gasteiger partial charge in [0.25, 0.3) is 0 Å². The predicted molar refractivity (Wildman–Crippen MR) is 81.5 cm³/mol. The van der Waals surface area contributed by atoms with E-state index in [4.69, 9.17) is 10.5 Å². The lowest BCUT2D eigenvalue weighted by atomic mass is 9.97. The lowest BCUT2D eigenvalue weighted by Crippen LogP contribution is -2.33. The van der Waals surface area contributed by atoms with Crippen LogP contribution in [-0.2, 0) is 25.8 Å². The highest BCUT2D eigenvalue weighted by molar-refractivity contribution is 7.91. The van der Waals surface area contributed by atoms with E-state index >= 15 is 0 Å². The first kappa shape index (κ1) is 15.8. The minimum Gasteiger partial charge on any atom is -0.462 e. The number of carbonyl (C=O) groups excluding carboxylic acids is 1. The third-order valence-corrected chi connectivity index (χ3v) is 5.45. The molecule has 6 heteroatoms. The quantitative estimate of drug-likeness (QED) is 0.675. The van der Waals surface area contributed by atoms with Crippen molar-refractivity contribution in [1.29, 1.82) is 0 Å². The number of carbonyl (C=O) groups is 1. The van der Waals surface area contributed by atoms with Crippen molar-refractivity contribution in [3.05, 3.63) is 29.8 Å². The van der Waals surface area contributed by atoms with Gasteiger partial charge in [0.1, 0.15) is 15.9 Å². The van der Waals surface area contributed by atoms with Crippen molar-refractivity contribution in [2.75, 3.05) is 12.0 Å². The maximum atomic E-state index is 11.9. The Balaban J connectivity index is 1.89. The number of ether oxygens (including phenoxy) is 1. The zero-order valence-corrected chi connectivity index (χ0v) is 12.9. The molecule has 0 aliphatic heterocycles. The lowest BCUT2D eigenvalue weighted by Gasteiger charge is -2.27. The molecule has 1 aliphatic rings. The van der Waals surface area contributed by atoms with Crippen LogP contribution in [0, 0.1) is 0 Å². The van der Waals surface area contributed by atoms with Gasteiger partial charge in [-0.3, -0.25) is 4.79 Å². The number of esters is 1. The van der Waals surface area contributed by atoms with Gasteiger partial charge in [0.05, 0.1) is 11.7 Å². The van der Waals surface area contributed by atoms with Crippen LogP contribution in [-0.4, -0.2) is 32.0 Å². The number of hydrogen-bond acceptors (Lipinski definition) is 5. The van der Waals surface area contributed by atoms with Crippen LogP contribution in [0.5, 0.6) is 0 Å². The first-order valence-corrected chi connectivity index (χ1v) is 9.03. The molecule has 2 unspecified atom stereocenters. The second kappa shape index (κ2) is 6.47. The van der Waals surface area contributed by atoms with Gasteiger partial charge in [-0.05, 0) is 37.0 Å². The standard InChI is InChI=1S/C15H21NO4S/c1-21(18,19)14-4-2-3-13(10-14)20-15(17)9-11-5-7-12(16)8-6-11/h5-8,13-14H,2-4,9-10,16H2,1H3. The van der Waals surface area contributed by atoms with E-state index in [1.165, 1.54) is 6.26 Å². The summed E-state index contributed by atoms with van der Waals surface area (Å²) in [4.78, 5) is 11.9. The fourth-order valence-corrected chi connectivity index (χ4v) is 3.79. The first-order chi connectivity index (χ1) is 9.84. The highest BCUT2D eigenvalue weighted by atomic mass is 32.2. The van der Waals surface area contributed by atoms with Gasteiger partial charge in [-0.15, -0.1) is 0 Å². The number of rotatable bonds is 4. The molecule has 1 aliphatic carbocycles. The number of hydrogen-bond donors (Lipinski definition) is 1. The van der Waals surface area contributed by atoms with Crippen LogP contribution in [0.3, 0.4) is 0 Å². The van der Waals surface area contributed by atoms with E-state index < -0.39 is 9.84 Å². The van der Waals surface area contributed by atoms with Gasteiger partial charge in [-0.25, -0.2) is 8.42 Å². The average molecular weight is 311 g/mol. The van der Waals surface area contributed by atoms with Gasteiger partial charge in [0.2, 0.25) is 0 Å². The summed E-state index contributed by atoms with van der Waals surface area (Å²) in [5, 5.41) is -0.388. The summed E-state index contributed by atoms with van der Waals surface area (Å²) >= 11 is 0. The zero-order valence-electron chi connectivity index (χ0n) is 12.1. The topological polar surface area (TPSA) is 86.5 Å². The lowest BCUT2D eigenvalue weighted by molar-refractivity contribution is -0.149. The molecule has 1 fully saturated rings. The van der Waals surface area contributed by atoms with Gasteiger partial charge in [0.15, 0.2) is 0 Å². The molecule has 0 radical (unpaired) electrons. The third kappa shape index (κ3) is 4.74. The van der Waals surface area contributed by atoms with E-state index in [0.29, 0.717) is 18.5 Å². The molecular formula is C15H21NO4S. The summed E-state index contributed by atoms with van der Waals surface area (Å²) in [5.74, 6) is -0.320. The molecule has 0 amide bonds. The van der Waals surface area contributed by atoms with E-state index in [0.717, 1.165) is 18.4 Å². The van der Waals surface area contributed by atoms with Crippen LogP contribution in [0.4, 0.5) is 5.69 Å². The molecule has 0 heterocycles. The summed E-state index contributed by atoms with van der Waals surface area (Å²) in [7, 11) is -3.06. The molecule has 116 valence electrons. The van der Waals surface area contributed by atoms with Gasteiger partial charge in [-0.1, -0.05) is 12.1 Å². The highest BCUT2D eigenvalue weighted by Crippen LogP contribution is 2.26. The first-order valence-electron chi connectivity index (χ1n) is 7.07. The molecule has 0 bridgehead atoms. The molecule has 1 saturated carbocycles. The average Bonchev–Trinajstić information content (AvgIpc) is 2.41. The largest absolute Gasteiger partial charge is 0.462 e. The Morgan fingerprint density at radius 2 is 1.95 bits per heavy atom. The normalized spacial score (nSPS) is 22.7. The maximum Gasteiger partial charge on any atom is 0.310 e. The molecule has 2 atom stereocenters. The minimum absolute atomic E-state index is 0.181. The summed E-state index contributed by atoms with van der Waals surface area (Å²) in [6.07, 6.45) is 3.71. The second-order valence-electron chi connectivity index (χ2n) is 5.65. The van der Waals surface area contributed by atoms with E-state index in [1.807, 2.05) is 0 Å². The summed E-state index contributed by atoms with van der Waals surface area (Å²) < 4.78 is 28.6. The van der Waals surface area contributed by atoms with Crippen LogP contribution in [0.2, 0.25) is 0 Å². The van der Waals surface area contributed by atoms with Crippen molar-refractivity contribution in [2.45, 2.75) is 43.5 Å². The molecule has 2 rings (SSSR count). The van der Waals surface area contributed by atoms with Gasteiger partial charge in [-0.2, -0.15) is 0 Å². The Morgan fingerprint density at radius 3 is 2.57 bits per heavy atom. The third-order valence-electron chi connectivity index (χ3n) is 3.81. The SMILES string of the molecule is CS(=O)(=O)C1CCCC(OC(=O)Cc2ccc(N)cc2)C1. The Bertz CT molecular complexity index is 595. The Labute approximate surface area is 125 Å². The fraction of sp³-hybridized carbons (Fsp3) is 0.533. The molecule has 0 spiro atoms. The molecule has 2 N–H and O–H groups in total. The van der Waals surface area contributed by atoms with Crippen LogP contribution in [0.25, 0.3) is 0 Å². The molecule has 5 nitrogen and oxygen atoms in total. The zero-order chi connectivity index (χ0) is 15.5. The molecule has 0 saturated heterocycles. The molecule has 21 heavy (non-hydrogen) atoms. The van der Waals surface area contributed by atoms with Gasteiger partial charge < -0.3 is 10.5 Å². The number of nitrogen functional groups attached to an aromatic ring is 1. The van der Waals surface area contributed by atoms with Gasteiger partial charge >= 0.3 is 5.97 Å². The monoisotopic (exact) mass is 311 g/mol. The van der Waals surface area contributed by atoms with Crippen molar-refractivity contribution in [3.8, 4) is 0 Å². The highest BCUT2D eigenvalue weighted by Gasteiger charge is 2.30. The molecule has 0 aromatic heterocycles. The Hall–Kier alpha value is -1.56. The molecule has 1 aromatic rings. The molecular weight excluding hydrogens is 290 g/mol. The van der Waals surface area contributed by atoms with E-state index in [9.17, 15) is 13.2 Å². The van der Waals surface area contributed by atoms with Gasteiger partial charge in [0, 0.05) is 18.4 Å². The maximum absolute atomic E-state index is 11.9.